The molecule has 0 amide bonds. The predicted octanol–water partition coefficient (Wildman–Crippen LogP) is 18.9. The summed E-state index contributed by atoms with van der Waals surface area (Å²) in [7, 11) is 0. The number of para-hydroxylation sites is 1. The van der Waals surface area contributed by atoms with E-state index in [1.807, 2.05) is 12.1 Å². The van der Waals surface area contributed by atoms with Crippen molar-refractivity contribution in [2.24, 2.45) is 0 Å². The molecule has 0 atom stereocenters. The molecule has 13 aromatic rings. The van der Waals surface area contributed by atoms with Gasteiger partial charge in [-0.2, -0.15) is 0 Å². The van der Waals surface area contributed by atoms with Crippen molar-refractivity contribution in [2.75, 3.05) is 4.90 Å². The van der Waals surface area contributed by atoms with E-state index in [2.05, 4.69) is 254 Å². The summed E-state index contributed by atoms with van der Waals surface area (Å²) in [5.41, 5.74) is 17.0. The van der Waals surface area contributed by atoms with Gasteiger partial charge in [-0.25, -0.2) is 0 Å². The van der Waals surface area contributed by atoms with Crippen LogP contribution in [0.25, 0.3) is 110 Å². The molecule has 0 aliphatic rings. The Morgan fingerprint density at radius 3 is 1.41 bits per heavy atom. The second kappa shape index (κ2) is 16.5. The number of fused-ring (bicyclic) bond motifs is 7. The molecule has 0 saturated carbocycles. The van der Waals surface area contributed by atoms with E-state index in [4.69, 9.17) is 4.42 Å². The van der Waals surface area contributed by atoms with Crippen molar-refractivity contribution in [2.45, 2.75) is 0 Å². The Hall–Kier alpha value is -8.98. The van der Waals surface area contributed by atoms with Crippen LogP contribution in [-0.2, 0) is 0 Å². The minimum atomic E-state index is 0.908. The van der Waals surface area contributed by atoms with E-state index >= 15 is 0 Å². The molecular formula is C66H43NO. The van der Waals surface area contributed by atoms with Crippen molar-refractivity contribution in [1.29, 1.82) is 0 Å². The molecule has 13 rings (SSSR count). The highest BCUT2D eigenvalue weighted by atomic mass is 16.3. The summed E-state index contributed by atoms with van der Waals surface area (Å²) >= 11 is 0. The number of nitrogens with zero attached hydrogens (tertiary/aromatic N) is 1. The largest absolute Gasteiger partial charge is 0.456 e. The lowest BCUT2D eigenvalue weighted by molar-refractivity contribution is 0.669. The van der Waals surface area contributed by atoms with Gasteiger partial charge in [-0.15, -0.1) is 0 Å². The molecule has 2 heteroatoms. The van der Waals surface area contributed by atoms with E-state index in [0.29, 0.717) is 0 Å². The van der Waals surface area contributed by atoms with E-state index in [1.54, 1.807) is 0 Å². The van der Waals surface area contributed by atoms with E-state index in [-0.39, 0.29) is 0 Å². The van der Waals surface area contributed by atoms with Crippen LogP contribution in [0.5, 0.6) is 0 Å². The van der Waals surface area contributed by atoms with Crippen LogP contribution in [0.3, 0.4) is 0 Å². The lowest BCUT2D eigenvalue weighted by Gasteiger charge is -2.28. The number of furan rings is 1. The van der Waals surface area contributed by atoms with Crippen molar-refractivity contribution in [3.8, 4) is 55.6 Å². The van der Waals surface area contributed by atoms with Crippen molar-refractivity contribution in [3.63, 3.8) is 0 Å². The molecule has 0 radical (unpaired) electrons. The molecule has 0 N–H and O–H groups in total. The average molecular weight is 866 g/mol. The van der Waals surface area contributed by atoms with Gasteiger partial charge in [0.15, 0.2) is 0 Å². The Morgan fingerprint density at radius 1 is 0.250 bits per heavy atom. The molecule has 0 fully saturated rings. The highest BCUT2D eigenvalue weighted by Gasteiger charge is 2.19. The van der Waals surface area contributed by atoms with E-state index in [9.17, 15) is 0 Å². The summed E-state index contributed by atoms with van der Waals surface area (Å²) in [5, 5.41) is 9.65. The fourth-order valence-electron chi connectivity index (χ4n) is 10.3. The van der Waals surface area contributed by atoms with E-state index in [1.165, 1.54) is 65.7 Å². The van der Waals surface area contributed by atoms with Gasteiger partial charge in [0.2, 0.25) is 0 Å². The van der Waals surface area contributed by atoms with Crippen LogP contribution in [-0.4, -0.2) is 0 Å². The van der Waals surface area contributed by atoms with Gasteiger partial charge in [-0.3, -0.25) is 0 Å². The molecule has 318 valence electrons. The summed E-state index contributed by atoms with van der Waals surface area (Å²) in [6, 6.07) is 94.6. The summed E-state index contributed by atoms with van der Waals surface area (Å²) in [5.74, 6) is 0. The van der Waals surface area contributed by atoms with Crippen LogP contribution in [0.15, 0.2) is 265 Å². The molecular weight excluding hydrogens is 823 g/mol. The Labute approximate surface area is 395 Å². The first-order valence-electron chi connectivity index (χ1n) is 23.3. The van der Waals surface area contributed by atoms with Crippen molar-refractivity contribution < 1.29 is 4.42 Å². The Morgan fingerprint density at radius 2 is 0.721 bits per heavy atom. The minimum absolute atomic E-state index is 0.908. The monoisotopic (exact) mass is 865 g/mol. The summed E-state index contributed by atoms with van der Waals surface area (Å²) in [6.07, 6.45) is 0. The topological polar surface area (TPSA) is 16.4 Å². The standard InChI is InChI=1S/C66H43NO/c1-2-12-44(13-3-1)45-26-28-51(29-27-45)66-57-17-7-4-14-49(57)34-40-58(66)50-32-38-55(39-33-50)67(63-42-53-15-5-6-16-56(53)59-18-8-9-19-60(59)63)54-36-30-47(31-37-54)46-22-24-48(25-23-46)52-35-41-62-61-20-10-11-21-64(61)68-65(62)43-52/h1-43H. The van der Waals surface area contributed by atoms with Crippen molar-refractivity contribution in [3.05, 3.63) is 261 Å². The lowest BCUT2D eigenvalue weighted by atomic mass is 9.89. The molecule has 0 unspecified atom stereocenters. The van der Waals surface area contributed by atoms with Crippen LogP contribution in [0, 0.1) is 0 Å². The SMILES string of the molecule is c1ccc(-c2ccc(-c3c(-c4ccc(N(c5ccc(-c6ccc(-c7ccc8c(c7)oc7ccccc78)cc6)cc5)c5cc6ccccc6c6ccccc56)cc4)ccc4ccccc34)cc2)cc1. The maximum Gasteiger partial charge on any atom is 0.136 e. The molecule has 12 aromatic carbocycles. The van der Waals surface area contributed by atoms with Crippen molar-refractivity contribution in [1.82, 2.24) is 0 Å². The minimum Gasteiger partial charge on any atom is -0.456 e. The highest BCUT2D eigenvalue weighted by molar-refractivity contribution is 6.15. The first-order valence-corrected chi connectivity index (χ1v) is 23.3. The molecule has 0 bridgehead atoms. The van der Waals surface area contributed by atoms with Crippen LogP contribution in [0.1, 0.15) is 0 Å². The highest BCUT2D eigenvalue weighted by Crippen LogP contribution is 2.45. The second-order valence-electron chi connectivity index (χ2n) is 17.6. The number of hydrogen-bond donors (Lipinski definition) is 0. The number of hydrogen-bond acceptors (Lipinski definition) is 2. The summed E-state index contributed by atoms with van der Waals surface area (Å²) in [4.78, 5) is 2.42. The Balaban J connectivity index is 0.885. The van der Waals surface area contributed by atoms with Gasteiger partial charge in [0.1, 0.15) is 11.2 Å². The smallest absolute Gasteiger partial charge is 0.136 e. The summed E-state index contributed by atoms with van der Waals surface area (Å²) < 4.78 is 6.22. The lowest BCUT2D eigenvalue weighted by Crippen LogP contribution is -2.10. The fourth-order valence-corrected chi connectivity index (χ4v) is 10.3. The molecule has 0 saturated heterocycles. The zero-order valence-electron chi connectivity index (χ0n) is 37.2. The molecule has 0 aliphatic carbocycles. The van der Waals surface area contributed by atoms with Gasteiger partial charge < -0.3 is 9.32 Å². The van der Waals surface area contributed by atoms with Crippen LogP contribution >= 0.6 is 0 Å². The first-order chi connectivity index (χ1) is 33.7. The molecule has 1 aromatic heterocycles. The average Bonchev–Trinajstić information content (AvgIpc) is 3.79. The second-order valence-corrected chi connectivity index (χ2v) is 17.6. The number of anilines is 3. The van der Waals surface area contributed by atoms with Gasteiger partial charge in [-0.05, 0) is 131 Å². The fraction of sp³-hybridized carbons (Fsp3) is 0. The third kappa shape index (κ3) is 6.90. The molecule has 1 heterocycles. The van der Waals surface area contributed by atoms with Gasteiger partial charge >= 0.3 is 0 Å². The Bertz CT molecular complexity index is 3980. The first kappa shape index (κ1) is 39.4. The molecule has 0 spiro atoms. The van der Waals surface area contributed by atoms with Gasteiger partial charge in [0, 0.05) is 27.5 Å². The van der Waals surface area contributed by atoms with Gasteiger partial charge in [-0.1, -0.05) is 212 Å². The van der Waals surface area contributed by atoms with E-state index < -0.39 is 0 Å². The van der Waals surface area contributed by atoms with Crippen LogP contribution in [0.2, 0.25) is 0 Å². The number of rotatable bonds is 8. The van der Waals surface area contributed by atoms with Crippen molar-refractivity contribution >= 4 is 71.3 Å². The van der Waals surface area contributed by atoms with Gasteiger partial charge in [0.25, 0.3) is 0 Å². The quantitative estimate of drug-likeness (QED) is 0.142. The maximum absolute atomic E-state index is 6.22. The molecule has 68 heavy (non-hydrogen) atoms. The van der Waals surface area contributed by atoms with Crippen LogP contribution < -0.4 is 4.90 Å². The zero-order chi connectivity index (χ0) is 45.0. The van der Waals surface area contributed by atoms with Gasteiger partial charge in [0.05, 0.1) is 5.69 Å². The summed E-state index contributed by atoms with van der Waals surface area (Å²) in [6.45, 7) is 0. The molecule has 0 aliphatic heterocycles. The zero-order valence-corrected chi connectivity index (χ0v) is 37.2. The third-order valence-electron chi connectivity index (χ3n) is 13.7. The predicted molar refractivity (Wildman–Crippen MR) is 288 cm³/mol. The van der Waals surface area contributed by atoms with E-state index in [0.717, 1.165) is 61.3 Å². The maximum atomic E-state index is 6.22. The normalized spacial score (nSPS) is 11.5. The number of benzene rings is 12. The Kier molecular flexibility index (Phi) is 9.54. The third-order valence-corrected chi connectivity index (χ3v) is 13.7. The van der Waals surface area contributed by atoms with Crippen LogP contribution in [0.4, 0.5) is 17.1 Å². The molecule has 2 nitrogen and oxygen atoms in total.